The predicted octanol–water partition coefficient (Wildman–Crippen LogP) is 4.32. The normalized spacial score (nSPS) is 14.5. The van der Waals surface area contributed by atoms with E-state index in [1.54, 1.807) is 12.1 Å². The minimum atomic E-state index is 0.0635. The van der Waals surface area contributed by atoms with Gasteiger partial charge in [-0.3, -0.25) is 5.41 Å². The van der Waals surface area contributed by atoms with Crippen LogP contribution in [-0.4, -0.2) is 21.5 Å². The number of hydrogen-bond donors (Lipinski definition) is 4. The number of nitrogens with two attached hydrogens (primary N) is 2. The van der Waals surface area contributed by atoms with Crippen LogP contribution in [0.4, 0.5) is 11.8 Å². The minimum Gasteiger partial charge on any atom is -0.384 e. The maximum absolute atomic E-state index is 7.76. The van der Waals surface area contributed by atoms with Crippen LogP contribution in [0.5, 0.6) is 0 Å². The van der Waals surface area contributed by atoms with Crippen LogP contribution < -0.4 is 11.5 Å². The van der Waals surface area contributed by atoms with Crippen molar-refractivity contribution >= 4 is 46.5 Å². The zero-order valence-electron chi connectivity index (χ0n) is 14.2. The number of anilines is 1. The lowest BCUT2D eigenvalue weighted by Crippen LogP contribution is -2.13. The van der Waals surface area contributed by atoms with Crippen LogP contribution in [0, 0.1) is 5.41 Å². The van der Waals surface area contributed by atoms with Crippen LogP contribution in [0.25, 0.3) is 11.3 Å². The van der Waals surface area contributed by atoms with Gasteiger partial charge in [-0.2, -0.15) is 4.98 Å². The number of rotatable bonds is 3. The van der Waals surface area contributed by atoms with E-state index in [0.717, 1.165) is 40.8 Å². The Morgan fingerprint density at radius 2 is 1.96 bits per heavy atom. The smallest absolute Gasteiger partial charge is 0.200 e. The van der Waals surface area contributed by atoms with Gasteiger partial charge < -0.3 is 16.5 Å². The molecule has 8 heteroatoms. The molecular formula is C19H16Cl2N6. The molecular weight excluding hydrogens is 383 g/mol. The monoisotopic (exact) mass is 398 g/mol. The molecule has 0 spiro atoms. The van der Waals surface area contributed by atoms with E-state index in [1.165, 1.54) is 0 Å². The first kappa shape index (κ1) is 17.6. The number of aromatic amines is 1. The van der Waals surface area contributed by atoms with E-state index in [0.29, 0.717) is 21.6 Å². The first-order chi connectivity index (χ1) is 12.9. The molecule has 27 heavy (non-hydrogen) atoms. The van der Waals surface area contributed by atoms with Gasteiger partial charge in [0.25, 0.3) is 0 Å². The van der Waals surface area contributed by atoms with Crippen molar-refractivity contribution in [2.75, 3.05) is 5.73 Å². The van der Waals surface area contributed by atoms with Crippen molar-refractivity contribution in [3.63, 3.8) is 0 Å². The molecule has 4 rings (SSSR count). The Bertz CT molecular complexity index is 1100. The van der Waals surface area contributed by atoms with Gasteiger partial charge in [0.1, 0.15) is 5.84 Å². The lowest BCUT2D eigenvalue weighted by atomic mass is 10.0. The number of hydrogen-bond acceptors (Lipinski definition) is 4. The minimum absolute atomic E-state index is 0.0635. The number of H-pyrrole nitrogens is 1. The average Bonchev–Trinajstić information content (AvgIpc) is 3.21. The van der Waals surface area contributed by atoms with Gasteiger partial charge in [0, 0.05) is 11.1 Å². The number of aliphatic imine (C=N–C) groups is 1. The predicted molar refractivity (Wildman–Crippen MR) is 110 cm³/mol. The number of halogens is 2. The fourth-order valence-corrected chi connectivity index (χ4v) is 3.61. The quantitative estimate of drug-likeness (QED) is 0.388. The first-order valence-electron chi connectivity index (χ1n) is 8.29. The van der Waals surface area contributed by atoms with Gasteiger partial charge >= 0.3 is 0 Å². The largest absolute Gasteiger partial charge is 0.384 e. The number of fused-ring (bicyclic) bond motifs is 1. The second kappa shape index (κ2) is 6.72. The molecule has 1 aliphatic rings. The summed E-state index contributed by atoms with van der Waals surface area (Å²) >= 11 is 12.2. The molecule has 0 aliphatic heterocycles. The average molecular weight is 399 g/mol. The summed E-state index contributed by atoms with van der Waals surface area (Å²) in [5, 5.41) is 8.68. The molecule has 0 unspecified atom stereocenters. The molecule has 0 bridgehead atoms. The maximum atomic E-state index is 7.76. The highest BCUT2D eigenvalue weighted by Crippen LogP contribution is 2.35. The SMILES string of the molecule is N=C(N)c1cccc2c1CCC2=Nc1nc(N)[nH]c1-c1ccc(Cl)c(Cl)c1. The molecule has 3 aromatic rings. The Labute approximate surface area is 165 Å². The van der Waals surface area contributed by atoms with Gasteiger partial charge in [-0.05, 0) is 36.1 Å². The van der Waals surface area contributed by atoms with Gasteiger partial charge in [0.2, 0.25) is 0 Å². The molecule has 6 N–H and O–H groups in total. The zero-order chi connectivity index (χ0) is 19.1. The van der Waals surface area contributed by atoms with E-state index in [2.05, 4.69) is 9.97 Å². The van der Waals surface area contributed by atoms with Crippen molar-refractivity contribution in [3.05, 3.63) is 63.1 Å². The number of benzene rings is 2. The summed E-state index contributed by atoms with van der Waals surface area (Å²) in [4.78, 5) is 12.1. The van der Waals surface area contributed by atoms with Crippen LogP contribution >= 0.6 is 23.2 Å². The molecule has 1 heterocycles. The topological polar surface area (TPSA) is 117 Å². The molecule has 2 aromatic carbocycles. The van der Waals surface area contributed by atoms with Crippen LogP contribution in [0.1, 0.15) is 23.1 Å². The van der Waals surface area contributed by atoms with E-state index < -0.39 is 0 Å². The fraction of sp³-hybridized carbons (Fsp3) is 0.105. The van der Waals surface area contributed by atoms with Crippen LogP contribution in [0.15, 0.2) is 41.4 Å². The number of nitrogens with one attached hydrogen (secondary N) is 2. The van der Waals surface area contributed by atoms with E-state index in [9.17, 15) is 0 Å². The molecule has 136 valence electrons. The van der Waals surface area contributed by atoms with Gasteiger partial charge in [-0.25, -0.2) is 4.99 Å². The Kier molecular flexibility index (Phi) is 4.37. The molecule has 6 nitrogen and oxygen atoms in total. The molecule has 1 aliphatic carbocycles. The Hall–Kier alpha value is -2.83. The summed E-state index contributed by atoms with van der Waals surface area (Å²) in [5.74, 6) is 0.821. The number of nitrogens with zero attached hydrogens (tertiary/aromatic N) is 2. The van der Waals surface area contributed by atoms with Crippen molar-refractivity contribution in [1.82, 2.24) is 9.97 Å². The number of amidine groups is 1. The second-order valence-corrected chi connectivity index (χ2v) is 7.07. The molecule has 0 saturated heterocycles. The standard InChI is InChI=1S/C19H16Cl2N6/c20-13-6-4-9(8-14(13)21)16-18(27-19(24)26-16)25-15-7-5-10-11(15)2-1-3-12(10)17(22)23/h1-4,6,8H,5,7H2,(H3,22,23)(H3,24,26,27). The van der Waals surface area contributed by atoms with Gasteiger partial charge in [0.15, 0.2) is 11.8 Å². The van der Waals surface area contributed by atoms with Crippen molar-refractivity contribution in [2.45, 2.75) is 12.8 Å². The molecule has 0 fully saturated rings. The highest BCUT2D eigenvalue weighted by atomic mass is 35.5. The molecule has 0 atom stereocenters. The van der Waals surface area contributed by atoms with Gasteiger partial charge in [-0.1, -0.05) is 47.5 Å². The lowest BCUT2D eigenvalue weighted by molar-refractivity contribution is 1.08. The Morgan fingerprint density at radius 3 is 2.70 bits per heavy atom. The summed E-state index contributed by atoms with van der Waals surface area (Å²) in [6, 6.07) is 11.0. The number of imidazole rings is 1. The van der Waals surface area contributed by atoms with Gasteiger partial charge in [-0.15, -0.1) is 0 Å². The highest BCUT2D eigenvalue weighted by Gasteiger charge is 2.22. The Balaban J connectivity index is 1.81. The fourth-order valence-electron chi connectivity index (χ4n) is 3.32. The second-order valence-electron chi connectivity index (χ2n) is 6.25. The van der Waals surface area contributed by atoms with Crippen LogP contribution in [0.3, 0.4) is 0 Å². The third-order valence-corrected chi connectivity index (χ3v) is 5.28. The third-order valence-electron chi connectivity index (χ3n) is 4.54. The zero-order valence-corrected chi connectivity index (χ0v) is 15.7. The van der Waals surface area contributed by atoms with E-state index >= 15 is 0 Å². The number of nitrogen functional groups attached to an aromatic ring is 2. The van der Waals surface area contributed by atoms with E-state index in [4.69, 9.17) is 45.1 Å². The Morgan fingerprint density at radius 1 is 1.15 bits per heavy atom. The third kappa shape index (κ3) is 3.18. The summed E-state index contributed by atoms with van der Waals surface area (Å²) in [7, 11) is 0. The van der Waals surface area contributed by atoms with Crippen molar-refractivity contribution in [1.29, 1.82) is 5.41 Å². The van der Waals surface area contributed by atoms with E-state index in [1.807, 2.05) is 24.3 Å². The maximum Gasteiger partial charge on any atom is 0.200 e. The van der Waals surface area contributed by atoms with Crippen molar-refractivity contribution < 1.29 is 0 Å². The van der Waals surface area contributed by atoms with Crippen LogP contribution in [0.2, 0.25) is 10.0 Å². The van der Waals surface area contributed by atoms with Crippen molar-refractivity contribution in [2.24, 2.45) is 10.7 Å². The lowest BCUT2D eigenvalue weighted by Gasteiger charge is -2.06. The van der Waals surface area contributed by atoms with Gasteiger partial charge in [0.05, 0.1) is 21.5 Å². The summed E-state index contributed by atoms with van der Waals surface area (Å²) in [6.45, 7) is 0. The number of aromatic nitrogens is 2. The summed E-state index contributed by atoms with van der Waals surface area (Å²) in [5.41, 5.74) is 16.7. The highest BCUT2D eigenvalue weighted by molar-refractivity contribution is 6.42. The summed E-state index contributed by atoms with van der Waals surface area (Å²) < 4.78 is 0. The molecule has 1 aromatic heterocycles. The first-order valence-corrected chi connectivity index (χ1v) is 9.04. The van der Waals surface area contributed by atoms with Crippen molar-refractivity contribution in [3.8, 4) is 11.3 Å². The van der Waals surface area contributed by atoms with E-state index in [-0.39, 0.29) is 11.8 Å². The molecule has 0 amide bonds. The molecule has 0 saturated carbocycles. The summed E-state index contributed by atoms with van der Waals surface area (Å²) in [6.07, 6.45) is 1.53. The molecule has 0 radical (unpaired) electrons. The van der Waals surface area contributed by atoms with Crippen LogP contribution in [-0.2, 0) is 6.42 Å².